The van der Waals surface area contributed by atoms with Gasteiger partial charge < -0.3 is 9.47 Å². The fourth-order valence-electron chi connectivity index (χ4n) is 2.90. The van der Waals surface area contributed by atoms with Crippen molar-refractivity contribution in [2.75, 3.05) is 7.11 Å². The summed E-state index contributed by atoms with van der Waals surface area (Å²) < 4.78 is 50.4. The average Bonchev–Trinajstić information content (AvgIpc) is 3.05. The standard InChI is InChI=1S/C20H19F3N4O2S/c1-12-6-13(2)8-15(7-12)11-29-16-5-4-14(9-17(16)28-3)10-24-27-18(20(21,22)23)25-26-19(27)30/h4-10H,11H2,1-3H3,(H,26,30). The zero-order chi connectivity index (χ0) is 21.9. The molecule has 0 fully saturated rings. The van der Waals surface area contributed by atoms with Gasteiger partial charge in [0.25, 0.3) is 5.82 Å². The number of hydrogen-bond acceptors (Lipinski definition) is 5. The molecule has 158 valence electrons. The predicted octanol–water partition coefficient (Wildman–Crippen LogP) is 5.05. The van der Waals surface area contributed by atoms with E-state index in [9.17, 15) is 13.2 Å². The minimum atomic E-state index is -4.69. The molecule has 0 aliphatic carbocycles. The molecule has 0 saturated carbocycles. The van der Waals surface area contributed by atoms with Crippen LogP contribution in [0.25, 0.3) is 0 Å². The molecule has 2 aromatic carbocycles. The maximum Gasteiger partial charge on any atom is 0.453 e. The van der Waals surface area contributed by atoms with Crippen molar-refractivity contribution >= 4 is 18.4 Å². The number of halogens is 3. The van der Waals surface area contributed by atoms with Crippen LogP contribution in [0, 0.1) is 18.6 Å². The van der Waals surface area contributed by atoms with Crippen LogP contribution >= 0.6 is 12.2 Å². The molecule has 10 heteroatoms. The number of aromatic nitrogens is 3. The summed E-state index contributed by atoms with van der Waals surface area (Å²) in [5, 5.41) is 9.06. The lowest BCUT2D eigenvalue weighted by molar-refractivity contribution is -0.147. The van der Waals surface area contributed by atoms with Crippen LogP contribution in [0.2, 0.25) is 0 Å². The molecule has 0 radical (unpaired) electrons. The Morgan fingerprint density at radius 3 is 2.47 bits per heavy atom. The van der Waals surface area contributed by atoms with Crippen LogP contribution in [0.15, 0.2) is 41.5 Å². The zero-order valence-corrected chi connectivity index (χ0v) is 17.3. The molecule has 0 aliphatic heterocycles. The number of ether oxygens (including phenoxy) is 2. The van der Waals surface area contributed by atoms with Crippen molar-refractivity contribution in [3.63, 3.8) is 0 Å². The summed E-state index contributed by atoms with van der Waals surface area (Å²) in [6.07, 6.45) is -3.45. The van der Waals surface area contributed by atoms with E-state index in [1.54, 1.807) is 18.2 Å². The fraction of sp³-hybridized carbons (Fsp3) is 0.250. The monoisotopic (exact) mass is 436 g/mol. The maximum absolute atomic E-state index is 13.0. The van der Waals surface area contributed by atoms with Gasteiger partial charge in [-0.15, -0.1) is 5.10 Å². The van der Waals surface area contributed by atoms with Gasteiger partial charge in [0.05, 0.1) is 13.3 Å². The molecule has 0 amide bonds. The quantitative estimate of drug-likeness (QED) is 0.434. The van der Waals surface area contributed by atoms with Crippen LogP contribution in [0.4, 0.5) is 13.2 Å². The van der Waals surface area contributed by atoms with Gasteiger partial charge in [-0.2, -0.15) is 22.9 Å². The highest BCUT2D eigenvalue weighted by Gasteiger charge is 2.37. The molecular weight excluding hydrogens is 417 g/mol. The van der Waals surface area contributed by atoms with Gasteiger partial charge in [0.15, 0.2) is 11.5 Å². The summed E-state index contributed by atoms with van der Waals surface area (Å²) in [4.78, 5) is 0. The molecule has 1 heterocycles. The molecule has 0 unspecified atom stereocenters. The number of alkyl halides is 3. The summed E-state index contributed by atoms with van der Waals surface area (Å²) in [6, 6.07) is 11.1. The third-order valence-electron chi connectivity index (χ3n) is 4.09. The lowest BCUT2D eigenvalue weighted by Gasteiger charge is -2.12. The highest BCUT2D eigenvalue weighted by molar-refractivity contribution is 7.71. The molecule has 0 aliphatic rings. The number of methoxy groups -OCH3 is 1. The van der Waals surface area contributed by atoms with E-state index in [0.29, 0.717) is 28.3 Å². The second-order valence-electron chi connectivity index (χ2n) is 6.60. The summed E-state index contributed by atoms with van der Waals surface area (Å²) in [6.45, 7) is 4.38. The second-order valence-corrected chi connectivity index (χ2v) is 6.99. The Labute approximate surface area is 176 Å². The third kappa shape index (κ3) is 5.07. The first-order valence-corrected chi connectivity index (χ1v) is 9.25. The fourth-order valence-corrected chi connectivity index (χ4v) is 3.08. The number of benzene rings is 2. The van der Waals surface area contributed by atoms with E-state index in [2.05, 4.69) is 21.4 Å². The molecule has 3 rings (SSSR count). The van der Waals surface area contributed by atoms with Crippen molar-refractivity contribution in [1.29, 1.82) is 0 Å². The Morgan fingerprint density at radius 2 is 1.83 bits per heavy atom. The second kappa shape index (κ2) is 8.70. The van der Waals surface area contributed by atoms with E-state index in [0.717, 1.165) is 16.7 Å². The van der Waals surface area contributed by atoms with E-state index in [4.69, 9.17) is 21.7 Å². The molecule has 1 N–H and O–H groups in total. The Balaban J connectivity index is 1.80. The normalized spacial score (nSPS) is 11.8. The maximum atomic E-state index is 13.0. The van der Waals surface area contributed by atoms with Crippen LogP contribution in [0.5, 0.6) is 11.5 Å². The summed E-state index contributed by atoms with van der Waals surface area (Å²) in [5.74, 6) is -0.302. The molecule has 0 atom stereocenters. The van der Waals surface area contributed by atoms with E-state index >= 15 is 0 Å². The Hall–Kier alpha value is -3.14. The lowest BCUT2D eigenvalue weighted by atomic mass is 10.1. The van der Waals surface area contributed by atoms with Gasteiger partial charge in [-0.3, -0.25) is 0 Å². The topological polar surface area (TPSA) is 64.4 Å². The first-order valence-electron chi connectivity index (χ1n) is 8.84. The van der Waals surface area contributed by atoms with Crippen molar-refractivity contribution < 1.29 is 22.6 Å². The Morgan fingerprint density at radius 1 is 1.13 bits per heavy atom. The molecule has 0 saturated heterocycles. The molecular formula is C20H19F3N4O2S. The van der Waals surface area contributed by atoms with Crippen molar-refractivity contribution in [2.45, 2.75) is 26.6 Å². The van der Waals surface area contributed by atoms with Gasteiger partial charge in [-0.25, -0.2) is 5.10 Å². The van der Waals surface area contributed by atoms with E-state index < -0.39 is 12.0 Å². The molecule has 3 aromatic rings. The highest BCUT2D eigenvalue weighted by atomic mass is 32.1. The Kier molecular flexibility index (Phi) is 6.25. The number of rotatable bonds is 6. The van der Waals surface area contributed by atoms with Crippen LogP contribution in [-0.4, -0.2) is 28.2 Å². The van der Waals surface area contributed by atoms with Crippen LogP contribution in [0.1, 0.15) is 28.1 Å². The van der Waals surface area contributed by atoms with Gasteiger partial charge in [-0.05, 0) is 55.4 Å². The number of nitrogens with zero attached hydrogens (tertiary/aromatic N) is 3. The van der Waals surface area contributed by atoms with Gasteiger partial charge >= 0.3 is 6.18 Å². The van der Waals surface area contributed by atoms with Gasteiger partial charge in [0, 0.05) is 0 Å². The molecule has 30 heavy (non-hydrogen) atoms. The van der Waals surface area contributed by atoms with Crippen molar-refractivity contribution in [1.82, 2.24) is 14.9 Å². The van der Waals surface area contributed by atoms with E-state index in [1.165, 1.54) is 13.3 Å². The summed E-state index contributed by atoms with van der Waals surface area (Å²) in [7, 11) is 1.48. The van der Waals surface area contributed by atoms with Gasteiger partial charge in [0.1, 0.15) is 6.61 Å². The predicted molar refractivity (Wildman–Crippen MR) is 109 cm³/mol. The van der Waals surface area contributed by atoms with Gasteiger partial charge in [0.2, 0.25) is 4.77 Å². The zero-order valence-electron chi connectivity index (χ0n) is 16.4. The molecule has 0 spiro atoms. The van der Waals surface area contributed by atoms with Crippen molar-refractivity contribution in [3.8, 4) is 11.5 Å². The third-order valence-corrected chi connectivity index (χ3v) is 4.35. The van der Waals surface area contributed by atoms with Crippen molar-refractivity contribution in [2.24, 2.45) is 5.10 Å². The van der Waals surface area contributed by atoms with Crippen LogP contribution < -0.4 is 9.47 Å². The first kappa shape index (κ1) is 21.6. The number of H-pyrrole nitrogens is 1. The number of nitrogens with one attached hydrogen (secondary N) is 1. The minimum absolute atomic E-state index is 0.265. The summed E-state index contributed by atoms with van der Waals surface area (Å²) >= 11 is 4.81. The smallest absolute Gasteiger partial charge is 0.453 e. The number of hydrogen-bond donors (Lipinski definition) is 1. The SMILES string of the molecule is COc1cc(C=Nn2c(C(F)(F)F)n[nH]c2=S)ccc1OCc1cc(C)cc(C)c1. The Bertz CT molecular complexity index is 1120. The van der Waals surface area contributed by atoms with Gasteiger partial charge in [-0.1, -0.05) is 29.3 Å². The van der Waals surface area contributed by atoms with E-state index in [-0.39, 0.29) is 4.77 Å². The van der Waals surface area contributed by atoms with Crippen molar-refractivity contribution in [3.05, 3.63) is 69.2 Å². The highest BCUT2D eigenvalue weighted by Crippen LogP contribution is 2.29. The minimum Gasteiger partial charge on any atom is -0.493 e. The molecule has 1 aromatic heterocycles. The largest absolute Gasteiger partial charge is 0.493 e. The average molecular weight is 436 g/mol. The van der Waals surface area contributed by atoms with Crippen LogP contribution in [-0.2, 0) is 12.8 Å². The summed E-state index contributed by atoms with van der Waals surface area (Å²) in [5.41, 5.74) is 3.81. The number of aryl methyl sites for hydroxylation is 2. The lowest BCUT2D eigenvalue weighted by Crippen LogP contribution is -2.12. The molecule has 0 bridgehead atoms. The first-order chi connectivity index (χ1) is 14.2. The number of aromatic amines is 1. The molecule has 6 nitrogen and oxygen atoms in total. The van der Waals surface area contributed by atoms with Crippen LogP contribution in [0.3, 0.4) is 0 Å². The van der Waals surface area contributed by atoms with E-state index in [1.807, 2.05) is 26.0 Å².